The second-order valence-electron chi connectivity index (χ2n) is 6.78. The largest absolute Gasteiger partial charge is 0.497 e. The van der Waals surface area contributed by atoms with E-state index in [-0.39, 0.29) is 18.0 Å². The van der Waals surface area contributed by atoms with Crippen LogP contribution in [0.2, 0.25) is 0 Å². The molecule has 0 fully saturated rings. The maximum Gasteiger partial charge on any atom is 0.226 e. The third-order valence-corrected chi connectivity index (χ3v) is 5.36. The van der Waals surface area contributed by atoms with Crippen LogP contribution in [0, 0.1) is 5.82 Å². The van der Waals surface area contributed by atoms with E-state index in [0.717, 1.165) is 11.3 Å². The van der Waals surface area contributed by atoms with Crippen molar-refractivity contribution in [1.29, 1.82) is 0 Å². The number of carbonyl (C=O) groups excluding carboxylic acids is 1. The molecule has 1 amide bonds. The number of rotatable bonds is 11. The highest BCUT2D eigenvalue weighted by Crippen LogP contribution is 2.21. The van der Waals surface area contributed by atoms with E-state index in [1.807, 2.05) is 29.2 Å². The maximum atomic E-state index is 13.7. The molecule has 1 N–H and O–H groups in total. The average molecular weight is 445 g/mol. The van der Waals surface area contributed by atoms with Crippen molar-refractivity contribution in [3.8, 4) is 5.75 Å². The van der Waals surface area contributed by atoms with Crippen molar-refractivity contribution < 1.29 is 18.7 Å². The first-order valence-corrected chi connectivity index (χ1v) is 10.6. The van der Waals surface area contributed by atoms with E-state index in [1.165, 1.54) is 23.7 Å². The number of nitrogens with one attached hydrogen (secondary N) is 1. The summed E-state index contributed by atoms with van der Waals surface area (Å²) in [7, 11) is 3.26. The summed E-state index contributed by atoms with van der Waals surface area (Å²) in [5, 5.41) is 3.32. The molecule has 1 aromatic heterocycles. The fourth-order valence-electron chi connectivity index (χ4n) is 2.93. The number of hydrogen-bond acceptors (Lipinski definition) is 7. The molecule has 0 atom stereocenters. The fourth-order valence-corrected chi connectivity index (χ4v) is 3.66. The Kier molecular flexibility index (Phi) is 8.31. The number of benzene rings is 2. The molecular formula is C22H25FN4O3S. The molecule has 164 valence electrons. The van der Waals surface area contributed by atoms with Gasteiger partial charge in [-0.25, -0.2) is 9.37 Å². The Hall–Kier alpha value is -3.04. The number of hydrogen-bond donors (Lipinski definition) is 1. The maximum absolute atomic E-state index is 13.7. The molecule has 0 spiro atoms. The lowest BCUT2D eigenvalue weighted by molar-refractivity contribution is -0.116. The minimum Gasteiger partial charge on any atom is -0.497 e. The molecular weight excluding hydrogens is 419 g/mol. The van der Waals surface area contributed by atoms with Crippen molar-refractivity contribution in [2.24, 2.45) is 0 Å². The lowest BCUT2D eigenvalue weighted by Crippen LogP contribution is -2.31. The molecule has 9 heteroatoms. The predicted octanol–water partition coefficient (Wildman–Crippen LogP) is 3.76. The van der Waals surface area contributed by atoms with Crippen LogP contribution >= 0.6 is 11.5 Å². The van der Waals surface area contributed by atoms with Crippen molar-refractivity contribution in [2.45, 2.75) is 12.8 Å². The molecule has 0 bridgehead atoms. The molecule has 0 radical (unpaired) electrons. The number of para-hydroxylation sites is 1. The van der Waals surface area contributed by atoms with Gasteiger partial charge in [0.1, 0.15) is 17.4 Å². The van der Waals surface area contributed by atoms with E-state index in [0.29, 0.717) is 37.1 Å². The minimum atomic E-state index is -0.460. The standard InChI is InChI=1S/C22H25FN4O3S/c1-29-13-12-27(11-10-21(28)24-19-9-4-3-8-18(19)23)22-25-20(26-31-22)15-16-6-5-7-17(14-16)30-2/h3-9,14H,10-13,15H2,1-2H3,(H,24,28). The monoisotopic (exact) mass is 444 g/mol. The highest BCUT2D eigenvalue weighted by molar-refractivity contribution is 7.09. The summed E-state index contributed by atoms with van der Waals surface area (Å²) in [6, 6.07) is 13.9. The van der Waals surface area contributed by atoms with Crippen LogP contribution in [-0.4, -0.2) is 49.2 Å². The van der Waals surface area contributed by atoms with E-state index in [4.69, 9.17) is 9.47 Å². The number of anilines is 2. The minimum absolute atomic E-state index is 0.174. The van der Waals surface area contributed by atoms with Crippen LogP contribution in [0.3, 0.4) is 0 Å². The van der Waals surface area contributed by atoms with Crippen molar-refractivity contribution >= 4 is 28.3 Å². The van der Waals surface area contributed by atoms with Gasteiger partial charge >= 0.3 is 0 Å². The van der Waals surface area contributed by atoms with Gasteiger partial charge in [0.15, 0.2) is 0 Å². The van der Waals surface area contributed by atoms with Crippen molar-refractivity contribution in [3.63, 3.8) is 0 Å². The molecule has 0 aliphatic carbocycles. The van der Waals surface area contributed by atoms with Gasteiger partial charge in [0, 0.05) is 44.6 Å². The van der Waals surface area contributed by atoms with E-state index >= 15 is 0 Å². The number of halogens is 1. The van der Waals surface area contributed by atoms with Gasteiger partial charge in [-0.15, -0.1) is 0 Å². The van der Waals surface area contributed by atoms with Crippen LogP contribution in [0.5, 0.6) is 5.75 Å². The average Bonchev–Trinajstić information content (AvgIpc) is 3.23. The first kappa shape index (κ1) is 22.6. The third-order valence-electron chi connectivity index (χ3n) is 4.55. The lowest BCUT2D eigenvalue weighted by atomic mass is 10.1. The summed E-state index contributed by atoms with van der Waals surface area (Å²) in [5.74, 6) is 0.758. The van der Waals surface area contributed by atoms with Crippen LogP contribution in [-0.2, 0) is 16.0 Å². The van der Waals surface area contributed by atoms with Gasteiger partial charge in [-0.3, -0.25) is 4.79 Å². The second kappa shape index (κ2) is 11.4. The molecule has 0 saturated heterocycles. The molecule has 0 aliphatic heterocycles. The van der Waals surface area contributed by atoms with E-state index < -0.39 is 5.82 Å². The quantitative estimate of drug-likeness (QED) is 0.485. The Balaban J connectivity index is 1.62. The number of aromatic nitrogens is 2. The molecule has 0 saturated carbocycles. The van der Waals surface area contributed by atoms with Gasteiger partial charge < -0.3 is 19.7 Å². The molecule has 0 unspecified atom stereocenters. The van der Waals surface area contributed by atoms with E-state index in [9.17, 15) is 9.18 Å². The second-order valence-corrected chi connectivity index (χ2v) is 7.51. The molecule has 3 rings (SSSR count). The Morgan fingerprint density at radius 1 is 1.16 bits per heavy atom. The van der Waals surface area contributed by atoms with Crippen LogP contribution in [0.15, 0.2) is 48.5 Å². The first-order chi connectivity index (χ1) is 15.1. The Bertz CT molecular complexity index is 998. The summed E-state index contributed by atoms with van der Waals surface area (Å²) in [5.41, 5.74) is 1.23. The smallest absolute Gasteiger partial charge is 0.226 e. The summed E-state index contributed by atoms with van der Waals surface area (Å²) < 4.78 is 28.7. The summed E-state index contributed by atoms with van der Waals surface area (Å²) in [6.07, 6.45) is 0.766. The zero-order valence-electron chi connectivity index (χ0n) is 17.5. The zero-order chi connectivity index (χ0) is 22.1. The number of ether oxygens (including phenoxy) is 2. The first-order valence-electron chi connectivity index (χ1n) is 9.83. The summed E-state index contributed by atoms with van der Waals surface area (Å²) in [6.45, 7) is 1.47. The summed E-state index contributed by atoms with van der Waals surface area (Å²) in [4.78, 5) is 18.9. The molecule has 2 aromatic carbocycles. The Labute approximate surface area is 185 Å². The van der Waals surface area contributed by atoms with Crippen LogP contribution < -0.4 is 15.0 Å². The summed E-state index contributed by atoms with van der Waals surface area (Å²) >= 11 is 1.28. The Morgan fingerprint density at radius 3 is 2.77 bits per heavy atom. The number of methoxy groups -OCH3 is 2. The Morgan fingerprint density at radius 2 is 2.00 bits per heavy atom. The van der Waals surface area contributed by atoms with Crippen molar-refractivity contribution in [3.05, 3.63) is 65.7 Å². The topological polar surface area (TPSA) is 76.6 Å². The van der Waals surface area contributed by atoms with Crippen LogP contribution in [0.4, 0.5) is 15.2 Å². The highest BCUT2D eigenvalue weighted by atomic mass is 32.1. The van der Waals surface area contributed by atoms with Crippen LogP contribution in [0.1, 0.15) is 17.8 Å². The van der Waals surface area contributed by atoms with Gasteiger partial charge in [0.25, 0.3) is 0 Å². The highest BCUT2D eigenvalue weighted by Gasteiger charge is 2.15. The number of nitrogens with zero attached hydrogens (tertiary/aromatic N) is 3. The van der Waals surface area contributed by atoms with Gasteiger partial charge in [-0.05, 0) is 29.8 Å². The van der Waals surface area contributed by atoms with Crippen molar-refractivity contribution in [2.75, 3.05) is 44.1 Å². The predicted molar refractivity (Wildman–Crippen MR) is 119 cm³/mol. The van der Waals surface area contributed by atoms with Gasteiger partial charge in [0.2, 0.25) is 11.0 Å². The van der Waals surface area contributed by atoms with Gasteiger partial charge in [0.05, 0.1) is 19.4 Å². The normalized spacial score (nSPS) is 10.7. The third kappa shape index (κ3) is 6.73. The van der Waals surface area contributed by atoms with Crippen molar-refractivity contribution in [1.82, 2.24) is 9.36 Å². The number of amides is 1. The number of carbonyl (C=O) groups is 1. The fraction of sp³-hybridized carbons (Fsp3) is 0.318. The zero-order valence-corrected chi connectivity index (χ0v) is 18.3. The van der Waals surface area contributed by atoms with Gasteiger partial charge in [-0.2, -0.15) is 4.37 Å². The van der Waals surface area contributed by atoms with E-state index in [2.05, 4.69) is 14.7 Å². The molecule has 3 aromatic rings. The molecule has 0 aliphatic rings. The van der Waals surface area contributed by atoms with Gasteiger partial charge in [-0.1, -0.05) is 24.3 Å². The molecule has 7 nitrogen and oxygen atoms in total. The van der Waals surface area contributed by atoms with Crippen LogP contribution in [0.25, 0.3) is 0 Å². The SMILES string of the molecule is COCCN(CCC(=O)Nc1ccccc1F)c1nc(Cc2cccc(OC)c2)ns1. The van der Waals surface area contributed by atoms with E-state index in [1.54, 1.807) is 26.4 Å². The molecule has 31 heavy (non-hydrogen) atoms. The molecule has 1 heterocycles. The lowest BCUT2D eigenvalue weighted by Gasteiger charge is -2.20.